The molecule has 0 aromatic heterocycles. The Hall–Kier alpha value is -2.37. The lowest BCUT2D eigenvalue weighted by molar-refractivity contribution is -0.137. The fourth-order valence-electron chi connectivity index (χ4n) is 2.71. The van der Waals surface area contributed by atoms with Crippen molar-refractivity contribution in [2.45, 2.75) is 39.9 Å². The number of carbonyl (C=O) groups excluding carboxylic acids is 2. The minimum Gasteiger partial charge on any atom is -0.478 e. The van der Waals surface area contributed by atoms with Crippen LogP contribution < -0.4 is 5.32 Å². The van der Waals surface area contributed by atoms with Crippen molar-refractivity contribution in [1.29, 1.82) is 0 Å². The van der Waals surface area contributed by atoms with Crippen LogP contribution in [0.25, 0.3) is 0 Å². The molecular formula is C16H20N2O4. The summed E-state index contributed by atoms with van der Waals surface area (Å²) in [4.78, 5) is 36.8. The number of hydrogen-bond donors (Lipinski definition) is 2. The molecular weight excluding hydrogens is 284 g/mol. The van der Waals surface area contributed by atoms with Crippen molar-refractivity contribution >= 4 is 17.8 Å². The monoisotopic (exact) mass is 304 g/mol. The Morgan fingerprint density at radius 2 is 1.91 bits per heavy atom. The molecule has 0 aliphatic carbocycles. The summed E-state index contributed by atoms with van der Waals surface area (Å²) in [5, 5.41) is 11.9. The van der Waals surface area contributed by atoms with Crippen LogP contribution >= 0.6 is 0 Å². The van der Waals surface area contributed by atoms with Crippen LogP contribution in [0.1, 0.15) is 42.3 Å². The van der Waals surface area contributed by atoms with Gasteiger partial charge in [-0.2, -0.15) is 0 Å². The molecule has 0 bridgehead atoms. The number of amides is 2. The second kappa shape index (κ2) is 6.17. The van der Waals surface area contributed by atoms with Gasteiger partial charge in [0.15, 0.2) is 0 Å². The highest BCUT2D eigenvalue weighted by molar-refractivity contribution is 5.91. The summed E-state index contributed by atoms with van der Waals surface area (Å²) in [6, 6.07) is 4.46. The van der Waals surface area contributed by atoms with Crippen LogP contribution in [-0.2, 0) is 22.7 Å². The number of rotatable bonds is 4. The molecule has 0 saturated carbocycles. The molecule has 2 N–H and O–H groups in total. The molecule has 1 aliphatic rings. The van der Waals surface area contributed by atoms with Crippen molar-refractivity contribution in [3.63, 3.8) is 0 Å². The second-order valence-electron chi connectivity index (χ2n) is 5.86. The van der Waals surface area contributed by atoms with Gasteiger partial charge >= 0.3 is 5.97 Å². The summed E-state index contributed by atoms with van der Waals surface area (Å²) in [7, 11) is 0. The first kappa shape index (κ1) is 16.0. The van der Waals surface area contributed by atoms with E-state index in [0.29, 0.717) is 12.1 Å². The number of nitrogens with zero attached hydrogens (tertiary/aromatic N) is 1. The van der Waals surface area contributed by atoms with E-state index in [1.807, 2.05) is 19.9 Å². The van der Waals surface area contributed by atoms with Crippen molar-refractivity contribution in [3.8, 4) is 0 Å². The van der Waals surface area contributed by atoms with Gasteiger partial charge in [-0.25, -0.2) is 4.79 Å². The predicted molar refractivity (Wildman–Crippen MR) is 80.1 cm³/mol. The molecule has 1 atom stereocenters. The molecule has 1 aromatic rings. The van der Waals surface area contributed by atoms with Crippen molar-refractivity contribution in [1.82, 2.24) is 10.2 Å². The Labute approximate surface area is 129 Å². The highest BCUT2D eigenvalue weighted by Crippen LogP contribution is 2.27. The number of carboxylic acid groups (broad SMARTS) is 1. The number of hydrogen-bond acceptors (Lipinski definition) is 3. The number of nitrogens with one attached hydrogen (secondary N) is 1. The summed E-state index contributed by atoms with van der Waals surface area (Å²) < 4.78 is 0. The Morgan fingerprint density at radius 1 is 1.23 bits per heavy atom. The zero-order valence-corrected chi connectivity index (χ0v) is 12.9. The maximum absolute atomic E-state index is 12.6. The molecule has 2 amide bonds. The third-order valence-electron chi connectivity index (χ3n) is 3.82. The van der Waals surface area contributed by atoms with Crippen molar-refractivity contribution < 1.29 is 19.5 Å². The van der Waals surface area contributed by atoms with Gasteiger partial charge in [-0.1, -0.05) is 26.0 Å². The van der Waals surface area contributed by atoms with E-state index in [4.69, 9.17) is 0 Å². The molecule has 6 heteroatoms. The number of fused-ring (bicyclic) bond motifs is 1. The lowest BCUT2D eigenvalue weighted by atomic mass is 10.0. The largest absolute Gasteiger partial charge is 0.478 e. The fraction of sp³-hybridized carbons (Fsp3) is 0.438. The fourth-order valence-corrected chi connectivity index (χ4v) is 2.71. The topological polar surface area (TPSA) is 86.7 Å². The number of carbonyl (C=O) groups is 3. The molecule has 1 aromatic carbocycles. The van der Waals surface area contributed by atoms with E-state index < -0.39 is 12.0 Å². The molecule has 0 saturated heterocycles. The molecule has 0 radical (unpaired) electrons. The molecule has 0 fully saturated rings. The van der Waals surface area contributed by atoms with E-state index in [2.05, 4.69) is 5.32 Å². The van der Waals surface area contributed by atoms with E-state index in [9.17, 15) is 19.5 Å². The summed E-state index contributed by atoms with van der Waals surface area (Å²) >= 11 is 0. The van der Waals surface area contributed by atoms with Gasteiger partial charge in [0, 0.05) is 20.0 Å². The van der Waals surface area contributed by atoms with Crippen LogP contribution in [0, 0.1) is 5.92 Å². The summed E-state index contributed by atoms with van der Waals surface area (Å²) in [6.45, 7) is 5.75. The van der Waals surface area contributed by atoms with Gasteiger partial charge in [-0.05, 0) is 23.1 Å². The Morgan fingerprint density at radius 3 is 2.45 bits per heavy atom. The Kier molecular flexibility index (Phi) is 4.49. The molecule has 6 nitrogen and oxygen atoms in total. The summed E-state index contributed by atoms with van der Waals surface area (Å²) in [6.07, 6.45) is 0. The van der Waals surface area contributed by atoms with Gasteiger partial charge in [-0.15, -0.1) is 0 Å². The SMILES string of the molecule is CC(=O)NC(C(=O)N1Cc2cccc(C(=O)O)c2C1)C(C)C. The lowest BCUT2D eigenvalue weighted by Gasteiger charge is -2.26. The maximum Gasteiger partial charge on any atom is 0.336 e. The van der Waals surface area contributed by atoms with Crippen molar-refractivity contribution in [3.05, 3.63) is 34.9 Å². The molecule has 118 valence electrons. The van der Waals surface area contributed by atoms with Crippen LogP contribution in [0.15, 0.2) is 18.2 Å². The quantitative estimate of drug-likeness (QED) is 0.880. The van der Waals surface area contributed by atoms with Crippen LogP contribution in [0.5, 0.6) is 0 Å². The van der Waals surface area contributed by atoms with Crippen LogP contribution in [0.2, 0.25) is 0 Å². The van der Waals surface area contributed by atoms with Crippen molar-refractivity contribution in [2.75, 3.05) is 0 Å². The third-order valence-corrected chi connectivity index (χ3v) is 3.82. The molecule has 1 aliphatic heterocycles. The Balaban J connectivity index is 2.22. The molecule has 1 unspecified atom stereocenters. The van der Waals surface area contributed by atoms with E-state index in [1.54, 1.807) is 17.0 Å². The van der Waals surface area contributed by atoms with Gasteiger partial charge in [0.25, 0.3) is 0 Å². The smallest absolute Gasteiger partial charge is 0.336 e. The number of benzene rings is 1. The normalized spacial score (nSPS) is 14.6. The molecule has 0 spiro atoms. The van der Waals surface area contributed by atoms with E-state index in [-0.39, 0.29) is 29.8 Å². The number of carboxylic acids is 1. The highest BCUT2D eigenvalue weighted by atomic mass is 16.4. The van der Waals surface area contributed by atoms with Gasteiger partial charge in [0.05, 0.1) is 5.56 Å². The minimum absolute atomic E-state index is 0.0425. The zero-order chi connectivity index (χ0) is 16.4. The Bertz CT molecular complexity index is 625. The van der Waals surface area contributed by atoms with Gasteiger partial charge in [0.1, 0.15) is 6.04 Å². The average molecular weight is 304 g/mol. The summed E-state index contributed by atoms with van der Waals surface area (Å²) in [5.41, 5.74) is 1.75. The predicted octanol–water partition coefficient (Wildman–Crippen LogP) is 1.39. The van der Waals surface area contributed by atoms with Gasteiger partial charge in [0.2, 0.25) is 11.8 Å². The molecule has 1 heterocycles. The third kappa shape index (κ3) is 3.10. The first-order valence-electron chi connectivity index (χ1n) is 7.21. The zero-order valence-electron chi connectivity index (χ0n) is 12.9. The van der Waals surface area contributed by atoms with E-state index >= 15 is 0 Å². The lowest BCUT2D eigenvalue weighted by Crippen LogP contribution is -2.49. The molecule has 22 heavy (non-hydrogen) atoms. The standard InChI is InChI=1S/C16H20N2O4/c1-9(2)14(17-10(3)19)15(20)18-7-11-5-4-6-12(16(21)22)13(11)8-18/h4-6,9,14H,7-8H2,1-3H3,(H,17,19)(H,21,22). The maximum atomic E-state index is 12.6. The van der Waals surface area contributed by atoms with Crippen LogP contribution in [0.3, 0.4) is 0 Å². The van der Waals surface area contributed by atoms with Crippen LogP contribution in [0.4, 0.5) is 0 Å². The number of aromatic carboxylic acids is 1. The van der Waals surface area contributed by atoms with Gasteiger partial charge in [-0.3, -0.25) is 9.59 Å². The highest BCUT2D eigenvalue weighted by Gasteiger charge is 2.33. The first-order valence-corrected chi connectivity index (χ1v) is 7.21. The molecule has 2 rings (SSSR count). The minimum atomic E-state index is -0.992. The second-order valence-corrected chi connectivity index (χ2v) is 5.86. The van der Waals surface area contributed by atoms with Crippen molar-refractivity contribution in [2.24, 2.45) is 5.92 Å². The average Bonchev–Trinajstić information content (AvgIpc) is 2.86. The first-order chi connectivity index (χ1) is 10.3. The van der Waals surface area contributed by atoms with E-state index in [1.165, 1.54) is 6.92 Å². The summed E-state index contributed by atoms with van der Waals surface area (Å²) in [5.74, 6) is -1.47. The van der Waals surface area contributed by atoms with Crippen LogP contribution in [-0.4, -0.2) is 33.8 Å². The van der Waals surface area contributed by atoms with E-state index in [0.717, 1.165) is 5.56 Å². The van der Waals surface area contributed by atoms with Gasteiger partial charge < -0.3 is 15.3 Å².